The van der Waals surface area contributed by atoms with E-state index in [0.29, 0.717) is 29.7 Å². The number of likely N-dealkylation sites (tertiary alicyclic amines) is 1. The van der Waals surface area contributed by atoms with Crippen molar-refractivity contribution in [1.82, 2.24) is 29.7 Å². The van der Waals surface area contributed by atoms with Crippen molar-refractivity contribution in [2.24, 2.45) is 5.92 Å². The van der Waals surface area contributed by atoms with Crippen LogP contribution in [-0.4, -0.2) is 102 Å². The lowest BCUT2D eigenvalue weighted by Gasteiger charge is -2.28. The number of rotatable bonds is 11. The van der Waals surface area contributed by atoms with Gasteiger partial charge in [-0.15, -0.1) is 11.3 Å². The number of morpholine rings is 1. The maximum Gasteiger partial charge on any atom is 0.434 e. The number of thiazole rings is 1. The van der Waals surface area contributed by atoms with Crippen molar-refractivity contribution in [2.45, 2.75) is 33.0 Å². The summed E-state index contributed by atoms with van der Waals surface area (Å²) >= 11 is 0.800. The van der Waals surface area contributed by atoms with Gasteiger partial charge in [-0.3, -0.25) is 15.0 Å². The predicted octanol–water partition coefficient (Wildman–Crippen LogP) is 5.18. The molecule has 6 rings (SSSR count). The number of hydrogen-bond acceptors (Lipinski definition) is 10. The van der Waals surface area contributed by atoms with Gasteiger partial charge in [0.05, 0.1) is 25.3 Å². The average Bonchev–Trinajstić information content (AvgIpc) is 3.80. The van der Waals surface area contributed by atoms with Crippen LogP contribution in [0.3, 0.4) is 0 Å². The third-order valence-corrected chi connectivity index (χ3v) is 9.93. The molecule has 0 spiro atoms. The maximum atomic E-state index is 13.9. The van der Waals surface area contributed by atoms with Gasteiger partial charge < -0.3 is 24.3 Å². The van der Waals surface area contributed by atoms with E-state index in [1.54, 1.807) is 38.2 Å². The third-order valence-electron chi connectivity index (χ3n) is 9.06. The summed E-state index contributed by atoms with van der Waals surface area (Å²) in [6, 6.07) is 6.09. The summed E-state index contributed by atoms with van der Waals surface area (Å²) in [5, 5.41) is 6.41. The first kappa shape index (κ1) is 36.4. The highest BCUT2D eigenvalue weighted by molar-refractivity contribution is 7.13. The van der Waals surface area contributed by atoms with Gasteiger partial charge in [0, 0.05) is 80.1 Å². The maximum absolute atomic E-state index is 13.9. The molecule has 2 aliphatic rings. The van der Waals surface area contributed by atoms with E-state index in [1.807, 2.05) is 4.57 Å². The fourth-order valence-electron chi connectivity index (χ4n) is 6.50. The number of anilines is 1. The number of halogens is 3. The number of nitrogens with zero attached hydrogens (tertiary/aromatic N) is 5. The number of carbonyl (C=O) groups excluding carboxylic acids is 2. The van der Waals surface area contributed by atoms with Crippen molar-refractivity contribution in [1.29, 1.82) is 0 Å². The fraction of sp³-hybridized carbons (Fsp3) is 0.457. The van der Waals surface area contributed by atoms with Gasteiger partial charge in [0.15, 0.2) is 5.69 Å². The van der Waals surface area contributed by atoms with Gasteiger partial charge in [-0.25, -0.2) is 19.6 Å². The number of esters is 1. The predicted molar refractivity (Wildman–Crippen MR) is 188 cm³/mol. The number of benzene rings is 1. The highest BCUT2D eigenvalue weighted by atomic mass is 32.1. The van der Waals surface area contributed by atoms with E-state index in [-0.39, 0.29) is 39.9 Å². The molecular formula is C35H40F3N7O5S. The number of aromatic nitrogens is 3. The summed E-state index contributed by atoms with van der Waals surface area (Å²) in [5.41, 5.74) is 0.0909. The molecule has 1 unspecified atom stereocenters. The van der Waals surface area contributed by atoms with Crippen molar-refractivity contribution in [3.05, 3.63) is 63.5 Å². The van der Waals surface area contributed by atoms with Crippen molar-refractivity contribution in [2.75, 3.05) is 71.0 Å². The zero-order valence-corrected chi connectivity index (χ0v) is 29.2. The van der Waals surface area contributed by atoms with Crippen molar-refractivity contribution < 1.29 is 32.2 Å². The Morgan fingerprint density at radius 3 is 2.59 bits per heavy atom. The number of hydrogen-bond donors (Lipinski definition) is 2. The highest BCUT2D eigenvalue weighted by Gasteiger charge is 2.34. The van der Waals surface area contributed by atoms with Crippen LogP contribution in [0.4, 0.5) is 23.8 Å². The number of ether oxygens (including phenoxy) is 2. The first-order valence-corrected chi connectivity index (χ1v) is 17.9. The molecule has 1 aromatic carbocycles. The lowest BCUT2D eigenvalue weighted by Crippen LogP contribution is -2.41. The summed E-state index contributed by atoms with van der Waals surface area (Å²) in [6.45, 7) is 11.6. The second kappa shape index (κ2) is 15.9. The van der Waals surface area contributed by atoms with Crippen molar-refractivity contribution in [3.63, 3.8) is 0 Å². The molecule has 2 fully saturated rings. The standard InChI is InChI=1S/C35H40F3N7O5S/c1-3-39-34(48)42-30-16-24(32-41-29(21-51-32)35(36,37)38)26(17-40-30)23-5-6-28-25(15-23)31(46)27(33(47)50-4-2)20-45(28)19-22-7-8-44(18-22)10-9-43-11-13-49-14-12-43/h5-6,15-17,20-22H,3-4,7-14,18-19H2,1-2H3,(H2,39,40,42,48). The number of nitrogens with one attached hydrogen (secondary N) is 2. The molecule has 16 heteroatoms. The van der Waals surface area contributed by atoms with E-state index in [9.17, 15) is 27.6 Å². The van der Waals surface area contributed by atoms with E-state index < -0.39 is 29.3 Å². The molecule has 2 amide bonds. The minimum atomic E-state index is -4.65. The number of pyridine rings is 2. The van der Waals surface area contributed by atoms with Crippen LogP contribution in [0.2, 0.25) is 0 Å². The van der Waals surface area contributed by atoms with E-state index in [4.69, 9.17) is 9.47 Å². The van der Waals surface area contributed by atoms with Gasteiger partial charge in [0.25, 0.3) is 0 Å². The van der Waals surface area contributed by atoms with Crippen LogP contribution in [0.5, 0.6) is 0 Å². The highest BCUT2D eigenvalue weighted by Crippen LogP contribution is 2.39. The number of fused-ring (bicyclic) bond motifs is 1. The van der Waals surface area contributed by atoms with Crippen LogP contribution in [0.15, 0.2) is 46.8 Å². The minimum Gasteiger partial charge on any atom is -0.462 e. The Labute approximate surface area is 296 Å². The monoisotopic (exact) mass is 727 g/mol. The lowest BCUT2D eigenvalue weighted by molar-refractivity contribution is -0.140. The first-order valence-electron chi connectivity index (χ1n) is 17.0. The molecule has 2 saturated heterocycles. The number of amides is 2. The van der Waals surface area contributed by atoms with Gasteiger partial charge in [0.1, 0.15) is 16.4 Å². The Hall–Kier alpha value is -4.38. The Balaban J connectivity index is 1.36. The van der Waals surface area contributed by atoms with Crippen LogP contribution in [0, 0.1) is 5.92 Å². The Morgan fingerprint density at radius 1 is 1.08 bits per heavy atom. The summed E-state index contributed by atoms with van der Waals surface area (Å²) in [7, 11) is 0. The fourth-order valence-corrected chi connectivity index (χ4v) is 7.36. The number of alkyl halides is 3. The molecule has 4 aromatic rings. The summed E-state index contributed by atoms with van der Waals surface area (Å²) in [4.78, 5) is 52.2. The average molecular weight is 728 g/mol. The molecular weight excluding hydrogens is 687 g/mol. The molecule has 0 radical (unpaired) electrons. The van der Waals surface area contributed by atoms with E-state index in [2.05, 4.69) is 30.4 Å². The van der Waals surface area contributed by atoms with Gasteiger partial charge in [0.2, 0.25) is 5.43 Å². The third kappa shape index (κ3) is 8.57. The molecule has 2 aliphatic heterocycles. The molecule has 51 heavy (non-hydrogen) atoms. The molecule has 12 nitrogen and oxygen atoms in total. The molecule has 0 aliphatic carbocycles. The summed E-state index contributed by atoms with van der Waals surface area (Å²) in [5.74, 6) is -0.344. The quantitative estimate of drug-likeness (QED) is 0.201. The van der Waals surface area contributed by atoms with Crippen molar-refractivity contribution >= 4 is 40.1 Å². The van der Waals surface area contributed by atoms with Crippen LogP contribution in [0.1, 0.15) is 36.3 Å². The zero-order valence-electron chi connectivity index (χ0n) is 28.4. The van der Waals surface area contributed by atoms with E-state index in [0.717, 1.165) is 75.6 Å². The van der Waals surface area contributed by atoms with Crippen molar-refractivity contribution in [3.8, 4) is 21.7 Å². The molecule has 1 atom stereocenters. The largest absolute Gasteiger partial charge is 0.462 e. The molecule has 272 valence electrons. The van der Waals surface area contributed by atoms with Gasteiger partial charge in [-0.05, 0) is 56.5 Å². The van der Waals surface area contributed by atoms with Crippen LogP contribution in [-0.2, 0) is 22.2 Å². The second-order valence-electron chi connectivity index (χ2n) is 12.5. The Kier molecular flexibility index (Phi) is 11.3. The number of carbonyl (C=O) groups is 2. The SMILES string of the molecule is CCNC(=O)Nc1cc(-c2nc(C(F)(F)F)cs2)c(-c2ccc3c(c2)c(=O)c(C(=O)OCC)cn3CC2CCN(CCN3CCOCC3)C2)cn1. The summed E-state index contributed by atoms with van der Waals surface area (Å²) in [6.07, 6.45) is -0.699. The van der Waals surface area contributed by atoms with Gasteiger partial charge >= 0.3 is 18.2 Å². The normalized spacial score (nSPS) is 17.2. The smallest absolute Gasteiger partial charge is 0.434 e. The van der Waals surface area contributed by atoms with Crippen LogP contribution >= 0.6 is 11.3 Å². The van der Waals surface area contributed by atoms with Crippen LogP contribution < -0.4 is 16.1 Å². The topological polar surface area (TPSA) is 131 Å². The molecule has 0 bridgehead atoms. The van der Waals surface area contributed by atoms with Gasteiger partial charge in [-0.2, -0.15) is 13.2 Å². The second-order valence-corrected chi connectivity index (χ2v) is 13.4. The van der Waals surface area contributed by atoms with Crippen LogP contribution in [0.25, 0.3) is 32.6 Å². The molecule has 0 saturated carbocycles. The van der Waals surface area contributed by atoms with E-state index in [1.165, 1.54) is 12.3 Å². The Morgan fingerprint density at radius 2 is 1.86 bits per heavy atom. The lowest BCUT2D eigenvalue weighted by atomic mass is 9.99. The van der Waals surface area contributed by atoms with E-state index >= 15 is 0 Å². The minimum absolute atomic E-state index is 0.0517. The molecule has 3 aromatic heterocycles. The first-order chi connectivity index (χ1) is 24.5. The summed E-state index contributed by atoms with van der Waals surface area (Å²) < 4.78 is 53.3. The Bertz CT molecular complexity index is 1940. The number of urea groups is 1. The zero-order chi connectivity index (χ0) is 36.1. The van der Waals surface area contributed by atoms with Gasteiger partial charge in [-0.1, -0.05) is 6.07 Å². The molecule has 2 N–H and O–H groups in total. The molecule has 5 heterocycles.